The first-order chi connectivity index (χ1) is 15.8. The molecule has 0 fully saturated rings. The monoisotopic (exact) mass is 441 g/mol. The smallest absolute Gasteiger partial charge is 0.295 e. The molecule has 0 saturated heterocycles. The van der Waals surface area contributed by atoms with Crippen LogP contribution < -0.4 is 10.3 Å². The van der Waals surface area contributed by atoms with Gasteiger partial charge in [-0.1, -0.05) is 38.1 Å². The zero-order valence-corrected chi connectivity index (χ0v) is 19.0. The lowest BCUT2D eigenvalue weighted by molar-refractivity contribution is 0.0971. The van der Waals surface area contributed by atoms with Crippen molar-refractivity contribution in [2.24, 2.45) is 0 Å². The number of hydrogen-bond donors (Lipinski definition) is 0. The van der Waals surface area contributed by atoms with Crippen molar-refractivity contribution in [3.8, 4) is 0 Å². The summed E-state index contributed by atoms with van der Waals surface area (Å²) in [5.41, 5.74) is 4.91. The number of fused-ring (bicyclic) bond motifs is 2. The van der Waals surface area contributed by atoms with Gasteiger partial charge >= 0.3 is 0 Å². The fourth-order valence-corrected chi connectivity index (χ4v) is 4.47. The van der Waals surface area contributed by atoms with Gasteiger partial charge in [0, 0.05) is 5.69 Å². The quantitative estimate of drug-likeness (QED) is 0.368. The Labute approximate surface area is 191 Å². The highest BCUT2D eigenvalue weighted by Gasteiger charge is 2.43. The van der Waals surface area contributed by atoms with Gasteiger partial charge in [0.15, 0.2) is 5.43 Å². The van der Waals surface area contributed by atoms with Gasteiger partial charge in [0.2, 0.25) is 5.76 Å². The van der Waals surface area contributed by atoms with Gasteiger partial charge in [-0.2, -0.15) is 0 Å². The number of carbonyl (C=O) groups excluding carboxylic acids is 1. The van der Waals surface area contributed by atoms with E-state index in [0.717, 1.165) is 22.3 Å². The zero-order valence-electron chi connectivity index (χ0n) is 19.0. The molecule has 33 heavy (non-hydrogen) atoms. The van der Waals surface area contributed by atoms with Crippen LogP contribution in [0.2, 0.25) is 0 Å². The Balaban J connectivity index is 1.78. The van der Waals surface area contributed by atoms with Crippen LogP contribution in [0.3, 0.4) is 0 Å². The number of nitrogens with zero attached hydrogens (tertiary/aromatic N) is 1. The van der Waals surface area contributed by atoms with Crippen LogP contribution in [0.4, 0.5) is 10.1 Å². The Morgan fingerprint density at radius 2 is 1.55 bits per heavy atom. The lowest BCUT2D eigenvalue weighted by Gasteiger charge is -2.25. The second-order valence-corrected chi connectivity index (χ2v) is 8.98. The zero-order chi connectivity index (χ0) is 23.4. The summed E-state index contributed by atoms with van der Waals surface area (Å²) in [5, 5.41) is 0.453. The minimum atomic E-state index is -0.665. The molecular weight excluding hydrogens is 417 g/mol. The average Bonchev–Trinajstić information content (AvgIpc) is 3.08. The van der Waals surface area contributed by atoms with Gasteiger partial charge in [0.1, 0.15) is 11.4 Å². The van der Waals surface area contributed by atoms with Crippen molar-refractivity contribution in [1.29, 1.82) is 0 Å². The van der Waals surface area contributed by atoms with E-state index in [-0.39, 0.29) is 11.2 Å². The second-order valence-electron chi connectivity index (χ2n) is 8.98. The number of hydrogen-bond acceptors (Lipinski definition) is 3. The summed E-state index contributed by atoms with van der Waals surface area (Å²) in [6.07, 6.45) is 0. The molecule has 4 nitrogen and oxygen atoms in total. The molecule has 1 aromatic heterocycles. The van der Waals surface area contributed by atoms with E-state index < -0.39 is 17.8 Å². The SMILES string of the molecule is Cc1cc2oc3c(c(=O)c2cc1C)C(c1ccc(C(C)C)cc1)N(c1ccc(F)cc1)C3=O. The van der Waals surface area contributed by atoms with Gasteiger partial charge in [0.25, 0.3) is 5.91 Å². The topological polar surface area (TPSA) is 50.5 Å². The number of carbonyl (C=O) groups is 1. The summed E-state index contributed by atoms with van der Waals surface area (Å²) in [6, 6.07) is 16.6. The fourth-order valence-electron chi connectivity index (χ4n) is 4.47. The highest BCUT2D eigenvalue weighted by molar-refractivity contribution is 6.10. The van der Waals surface area contributed by atoms with E-state index in [9.17, 15) is 14.0 Å². The molecule has 5 rings (SSSR count). The van der Waals surface area contributed by atoms with Gasteiger partial charge < -0.3 is 4.42 Å². The number of rotatable bonds is 3. The van der Waals surface area contributed by atoms with E-state index in [2.05, 4.69) is 13.8 Å². The molecule has 1 atom stereocenters. The summed E-state index contributed by atoms with van der Waals surface area (Å²) in [7, 11) is 0. The Bertz CT molecular complexity index is 1450. The predicted octanol–water partition coefficient (Wildman–Crippen LogP) is 6.42. The fraction of sp³-hybridized carbons (Fsp3) is 0.214. The van der Waals surface area contributed by atoms with Gasteiger partial charge in [0.05, 0.1) is 17.0 Å². The summed E-state index contributed by atoms with van der Waals surface area (Å²) in [4.78, 5) is 28.8. The Morgan fingerprint density at radius 1 is 0.909 bits per heavy atom. The normalized spacial score (nSPS) is 15.5. The van der Waals surface area contributed by atoms with Crippen molar-refractivity contribution in [2.75, 3.05) is 4.90 Å². The van der Waals surface area contributed by atoms with Crippen molar-refractivity contribution in [3.63, 3.8) is 0 Å². The van der Waals surface area contributed by atoms with Crippen LogP contribution >= 0.6 is 0 Å². The standard InChI is InChI=1S/C28H24FNO3/c1-15(2)18-5-7-19(8-6-18)25-24-26(31)22-13-16(3)17(4)14-23(22)33-27(24)28(32)30(25)21-11-9-20(29)10-12-21/h5-15,25H,1-4H3. The predicted molar refractivity (Wildman–Crippen MR) is 128 cm³/mol. The first kappa shape index (κ1) is 21.1. The van der Waals surface area contributed by atoms with Crippen LogP contribution in [-0.2, 0) is 0 Å². The number of amides is 1. The molecule has 1 aliphatic rings. The Hall–Kier alpha value is -3.73. The Kier molecular flexibility index (Phi) is 4.93. The van der Waals surface area contributed by atoms with Crippen LogP contribution in [-0.4, -0.2) is 5.91 Å². The third-order valence-electron chi connectivity index (χ3n) is 6.51. The van der Waals surface area contributed by atoms with Gasteiger partial charge in [-0.15, -0.1) is 0 Å². The van der Waals surface area contributed by atoms with Crippen LogP contribution in [0, 0.1) is 19.7 Å². The van der Waals surface area contributed by atoms with Gasteiger partial charge in [-0.05, 0) is 78.4 Å². The maximum atomic E-state index is 13.7. The molecule has 0 radical (unpaired) electrons. The molecule has 1 aliphatic heterocycles. The van der Waals surface area contributed by atoms with Crippen molar-refractivity contribution < 1.29 is 13.6 Å². The first-order valence-corrected chi connectivity index (χ1v) is 11.0. The molecule has 0 spiro atoms. The molecule has 166 valence electrons. The van der Waals surface area contributed by atoms with E-state index in [1.807, 2.05) is 44.2 Å². The van der Waals surface area contributed by atoms with Gasteiger partial charge in [-0.3, -0.25) is 14.5 Å². The highest BCUT2D eigenvalue weighted by Crippen LogP contribution is 2.41. The highest BCUT2D eigenvalue weighted by atomic mass is 19.1. The molecule has 1 amide bonds. The lowest BCUT2D eigenvalue weighted by Crippen LogP contribution is -2.29. The van der Waals surface area contributed by atoms with E-state index in [1.54, 1.807) is 18.2 Å². The van der Waals surface area contributed by atoms with E-state index in [1.165, 1.54) is 17.0 Å². The van der Waals surface area contributed by atoms with Crippen LogP contribution in [0.15, 0.2) is 69.9 Å². The van der Waals surface area contributed by atoms with Crippen LogP contribution in [0.25, 0.3) is 11.0 Å². The molecule has 1 unspecified atom stereocenters. The molecule has 0 saturated carbocycles. The van der Waals surface area contributed by atoms with E-state index >= 15 is 0 Å². The molecule has 4 aromatic rings. The van der Waals surface area contributed by atoms with Crippen molar-refractivity contribution in [2.45, 2.75) is 39.7 Å². The Morgan fingerprint density at radius 3 is 2.18 bits per heavy atom. The van der Waals surface area contributed by atoms with Crippen LogP contribution in [0.1, 0.15) is 64.2 Å². The maximum absolute atomic E-state index is 13.7. The summed E-state index contributed by atoms with van der Waals surface area (Å²) in [6.45, 7) is 8.10. The molecule has 0 bridgehead atoms. The minimum Gasteiger partial charge on any atom is -0.450 e. The molecule has 3 aromatic carbocycles. The van der Waals surface area contributed by atoms with Crippen molar-refractivity contribution in [3.05, 3.63) is 110 Å². The summed E-state index contributed by atoms with van der Waals surface area (Å²) >= 11 is 0. The first-order valence-electron chi connectivity index (χ1n) is 11.0. The number of benzene rings is 3. The third-order valence-corrected chi connectivity index (χ3v) is 6.51. The van der Waals surface area contributed by atoms with E-state index in [0.29, 0.717) is 28.1 Å². The summed E-state index contributed by atoms with van der Waals surface area (Å²) < 4.78 is 19.7. The number of halogens is 1. The minimum absolute atomic E-state index is 0.0398. The van der Waals surface area contributed by atoms with Gasteiger partial charge in [-0.25, -0.2) is 4.39 Å². The van der Waals surface area contributed by atoms with Crippen LogP contribution in [0.5, 0.6) is 0 Å². The lowest BCUT2D eigenvalue weighted by atomic mass is 9.94. The molecule has 0 N–H and O–H groups in total. The average molecular weight is 442 g/mol. The second kappa shape index (κ2) is 7.69. The number of anilines is 1. The van der Waals surface area contributed by atoms with E-state index in [4.69, 9.17) is 4.42 Å². The number of aryl methyl sites for hydroxylation is 2. The third kappa shape index (κ3) is 3.35. The molecular formula is C28H24FNO3. The maximum Gasteiger partial charge on any atom is 0.295 e. The molecule has 0 aliphatic carbocycles. The summed E-state index contributed by atoms with van der Waals surface area (Å²) in [5.74, 6) is -0.415. The molecule has 5 heteroatoms. The molecule has 2 heterocycles. The largest absolute Gasteiger partial charge is 0.450 e. The van der Waals surface area contributed by atoms with Crippen molar-refractivity contribution in [1.82, 2.24) is 0 Å². The van der Waals surface area contributed by atoms with Crippen molar-refractivity contribution >= 4 is 22.6 Å².